The van der Waals surface area contributed by atoms with Gasteiger partial charge in [0.15, 0.2) is 0 Å². The summed E-state index contributed by atoms with van der Waals surface area (Å²) in [6.45, 7) is 5.01. The maximum absolute atomic E-state index is 11.4. The number of aromatic nitrogens is 2. The minimum Gasteiger partial charge on any atom is -0.371 e. The van der Waals surface area contributed by atoms with Crippen molar-refractivity contribution in [3.05, 3.63) is 27.9 Å². The average molecular weight is 225 g/mol. The molecule has 0 amide bonds. The SMILES string of the molecule is CCOC(CC)c1nc(CCN)cc(=O)[nH]1. The molecule has 5 nitrogen and oxygen atoms in total. The predicted octanol–water partition coefficient (Wildman–Crippen LogP) is 0.759. The van der Waals surface area contributed by atoms with Gasteiger partial charge in [0.1, 0.15) is 11.9 Å². The van der Waals surface area contributed by atoms with Gasteiger partial charge in [0.2, 0.25) is 0 Å². The van der Waals surface area contributed by atoms with Crippen molar-refractivity contribution in [3.8, 4) is 0 Å². The summed E-state index contributed by atoms with van der Waals surface area (Å²) >= 11 is 0. The molecule has 0 aliphatic rings. The molecule has 1 rings (SSSR count). The Bertz CT molecular complexity index is 376. The molecule has 0 bridgehead atoms. The first-order valence-electron chi connectivity index (χ1n) is 5.63. The van der Waals surface area contributed by atoms with E-state index in [2.05, 4.69) is 9.97 Å². The molecule has 0 aromatic carbocycles. The van der Waals surface area contributed by atoms with Crippen LogP contribution in [-0.4, -0.2) is 23.1 Å². The second kappa shape index (κ2) is 6.40. The van der Waals surface area contributed by atoms with Gasteiger partial charge in [-0.1, -0.05) is 6.92 Å². The Morgan fingerprint density at radius 1 is 1.56 bits per heavy atom. The van der Waals surface area contributed by atoms with E-state index in [9.17, 15) is 4.79 Å². The van der Waals surface area contributed by atoms with Crippen molar-refractivity contribution in [2.24, 2.45) is 5.73 Å². The van der Waals surface area contributed by atoms with Gasteiger partial charge in [0, 0.05) is 24.8 Å². The Morgan fingerprint density at radius 3 is 2.88 bits per heavy atom. The number of nitrogens with one attached hydrogen (secondary N) is 1. The van der Waals surface area contributed by atoms with E-state index in [1.165, 1.54) is 6.07 Å². The van der Waals surface area contributed by atoms with Gasteiger partial charge in [0.25, 0.3) is 5.56 Å². The normalized spacial score (nSPS) is 12.7. The molecule has 1 aromatic rings. The van der Waals surface area contributed by atoms with Crippen LogP contribution in [0.4, 0.5) is 0 Å². The fraction of sp³-hybridized carbons (Fsp3) is 0.636. The topological polar surface area (TPSA) is 81.0 Å². The van der Waals surface area contributed by atoms with Gasteiger partial charge in [-0.15, -0.1) is 0 Å². The lowest BCUT2D eigenvalue weighted by Gasteiger charge is -2.14. The average Bonchev–Trinajstić information content (AvgIpc) is 2.25. The maximum atomic E-state index is 11.4. The molecule has 1 aromatic heterocycles. The van der Waals surface area contributed by atoms with E-state index in [1.807, 2.05) is 13.8 Å². The number of rotatable bonds is 6. The van der Waals surface area contributed by atoms with Crippen LogP contribution in [0.15, 0.2) is 10.9 Å². The smallest absolute Gasteiger partial charge is 0.251 e. The Kier molecular flexibility index (Phi) is 5.14. The fourth-order valence-corrected chi connectivity index (χ4v) is 1.55. The Hall–Kier alpha value is -1.20. The highest BCUT2D eigenvalue weighted by Crippen LogP contribution is 2.15. The number of ether oxygens (including phenoxy) is 1. The quantitative estimate of drug-likeness (QED) is 0.749. The number of hydrogen-bond acceptors (Lipinski definition) is 4. The highest BCUT2D eigenvalue weighted by Gasteiger charge is 2.12. The zero-order valence-corrected chi connectivity index (χ0v) is 9.82. The summed E-state index contributed by atoms with van der Waals surface area (Å²) in [5.41, 5.74) is 6.02. The van der Waals surface area contributed by atoms with Crippen LogP contribution in [0.3, 0.4) is 0 Å². The first kappa shape index (κ1) is 12.9. The third-order valence-electron chi connectivity index (χ3n) is 2.26. The van der Waals surface area contributed by atoms with Crippen LogP contribution >= 0.6 is 0 Å². The third-order valence-corrected chi connectivity index (χ3v) is 2.26. The first-order valence-corrected chi connectivity index (χ1v) is 5.63. The molecule has 0 saturated heterocycles. The molecule has 0 spiro atoms. The molecule has 0 aliphatic carbocycles. The molecule has 1 atom stereocenters. The highest BCUT2D eigenvalue weighted by atomic mass is 16.5. The standard InChI is InChI=1S/C11H19N3O2/c1-3-9(16-4-2)11-13-8(5-6-12)7-10(15)14-11/h7,9H,3-6,12H2,1-2H3,(H,13,14,15). The van der Waals surface area contributed by atoms with Crippen LogP contribution in [0.2, 0.25) is 0 Å². The summed E-state index contributed by atoms with van der Waals surface area (Å²) < 4.78 is 5.50. The van der Waals surface area contributed by atoms with Crippen molar-refractivity contribution in [3.63, 3.8) is 0 Å². The van der Waals surface area contributed by atoms with Gasteiger partial charge in [0.05, 0.1) is 0 Å². The van der Waals surface area contributed by atoms with E-state index in [1.54, 1.807) is 0 Å². The first-order chi connectivity index (χ1) is 7.71. The maximum Gasteiger partial charge on any atom is 0.251 e. The van der Waals surface area contributed by atoms with Gasteiger partial charge in [-0.3, -0.25) is 4.79 Å². The summed E-state index contributed by atoms with van der Waals surface area (Å²) in [6.07, 6.45) is 1.25. The summed E-state index contributed by atoms with van der Waals surface area (Å²) in [4.78, 5) is 18.5. The molecule has 1 unspecified atom stereocenters. The summed E-state index contributed by atoms with van der Waals surface area (Å²) in [6, 6.07) is 1.48. The van der Waals surface area contributed by atoms with Crippen LogP contribution in [0.5, 0.6) is 0 Å². The molecular weight excluding hydrogens is 206 g/mol. The molecule has 0 saturated carbocycles. The van der Waals surface area contributed by atoms with E-state index < -0.39 is 0 Å². The van der Waals surface area contributed by atoms with Crippen molar-refractivity contribution in [1.82, 2.24) is 9.97 Å². The monoisotopic (exact) mass is 225 g/mol. The highest BCUT2D eigenvalue weighted by molar-refractivity contribution is 5.05. The number of nitrogens with two attached hydrogens (primary N) is 1. The van der Waals surface area contributed by atoms with Crippen molar-refractivity contribution in [2.45, 2.75) is 32.8 Å². The second-order valence-electron chi connectivity index (χ2n) is 3.51. The van der Waals surface area contributed by atoms with E-state index in [0.29, 0.717) is 25.4 Å². The van der Waals surface area contributed by atoms with Crippen LogP contribution in [0.25, 0.3) is 0 Å². The van der Waals surface area contributed by atoms with Crippen molar-refractivity contribution >= 4 is 0 Å². The third kappa shape index (κ3) is 3.43. The van der Waals surface area contributed by atoms with E-state index in [0.717, 1.165) is 12.1 Å². The van der Waals surface area contributed by atoms with E-state index >= 15 is 0 Å². The predicted molar refractivity (Wildman–Crippen MR) is 62.3 cm³/mol. The van der Waals surface area contributed by atoms with Crippen molar-refractivity contribution < 1.29 is 4.74 Å². The summed E-state index contributed by atoms with van der Waals surface area (Å²) in [5.74, 6) is 0.598. The molecule has 5 heteroatoms. The van der Waals surface area contributed by atoms with Crippen LogP contribution < -0.4 is 11.3 Å². The van der Waals surface area contributed by atoms with Gasteiger partial charge < -0.3 is 15.5 Å². The molecule has 0 fully saturated rings. The number of aromatic amines is 1. The van der Waals surface area contributed by atoms with E-state index in [4.69, 9.17) is 10.5 Å². The minimum atomic E-state index is -0.147. The largest absolute Gasteiger partial charge is 0.371 e. The molecule has 3 N–H and O–H groups in total. The molecular formula is C11H19N3O2. The molecule has 90 valence electrons. The van der Waals surface area contributed by atoms with Crippen molar-refractivity contribution in [1.29, 1.82) is 0 Å². The number of nitrogens with zero attached hydrogens (tertiary/aromatic N) is 1. The molecule has 1 heterocycles. The lowest BCUT2D eigenvalue weighted by atomic mass is 10.2. The number of hydrogen-bond donors (Lipinski definition) is 2. The van der Waals surface area contributed by atoms with Crippen LogP contribution in [0, 0.1) is 0 Å². The van der Waals surface area contributed by atoms with E-state index in [-0.39, 0.29) is 11.7 Å². The lowest BCUT2D eigenvalue weighted by Crippen LogP contribution is -2.18. The minimum absolute atomic E-state index is 0.143. The Balaban J connectivity index is 2.97. The summed E-state index contributed by atoms with van der Waals surface area (Å²) in [5, 5.41) is 0. The van der Waals surface area contributed by atoms with Gasteiger partial charge in [-0.2, -0.15) is 0 Å². The van der Waals surface area contributed by atoms with Crippen LogP contribution in [-0.2, 0) is 11.2 Å². The fourth-order valence-electron chi connectivity index (χ4n) is 1.55. The van der Waals surface area contributed by atoms with Gasteiger partial charge in [-0.05, 0) is 19.9 Å². The van der Waals surface area contributed by atoms with Crippen LogP contribution in [0.1, 0.15) is 37.9 Å². The second-order valence-corrected chi connectivity index (χ2v) is 3.51. The Labute approximate surface area is 95.0 Å². The number of H-pyrrole nitrogens is 1. The van der Waals surface area contributed by atoms with Crippen molar-refractivity contribution in [2.75, 3.05) is 13.2 Å². The molecule has 0 radical (unpaired) electrons. The summed E-state index contributed by atoms with van der Waals surface area (Å²) in [7, 11) is 0. The zero-order chi connectivity index (χ0) is 12.0. The molecule has 16 heavy (non-hydrogen) atoms. The Morgan fingerprint density at radius 2 is 2.31 bits per heavy atom. The van der Waals surface area contributed by atoms with Gasteiger partial charge in [-0.25, -0.2) is 4.98 Å². The lowest BCUT2D eigenvalue weighted by molar-refractivity contribution is 0.0531. The van der Waals surface area contributed by atoms with Gasteiger partial charge >= 0.3 is 0 Å². The molecule has 0 aliphatic heterocycles. The zero-order valence-electron chi connectivity index (χ0n) is 9.82.